The van der Waals surface area contributed by atoms with E-state index in [0.29, 0.717) is 35.5 Å². The van der Waals surface area contributed by atoms with Crippen LogP contribution in [-0.2, 0) is 32.0 Å². The van der Waals surface area contributed by atoms with Gasteiger partial charge in [-0.15, -0.1) is 0 Å². The van der Waals surface area contributed by atoms with Crippen molar-refractivity contribution in [2.45, 2.75) is 116 Å². The molecule has 2 aromatic carbocycles. The highest BCUT2D eigenvalue weighted by molar-refractivity contribution is 5.95. The first kappa shape index (κ1) is 34.6. The summed E-state index contributed by atoms with van der Waals surface area (Å²) in [6, 6.07) is 15.1. The van der Waals surface area contributed by atoms with Gasteiger partial charge in [-0.25, -0.2) is 0 Å². The second kappa shape index (κ2) is 15.5. The van der Waals surface area contributed by atoms with Gasteiger partial charge in [0.2, 0.25) is 0 Å². The van der Waals surface area contributed by atoms with Gasteiger partial charge in [0.05, 0.1) is 13.5 Å². The zero-order chi connectivity index (χ0) is 33.7. The van der Waals surface area contributed by atoms with Crippen LogP contribution in [0.1, 0.15) is 114 Å². The topological polar surface area (TPSA) is 86.7 Å². The Morgan fingerprint density at radius 1 is 0.688 bits per heavy atom. The Morgan fingerprint density at radius 3 is 1.94 bits per heavy atom. The van der Waals surface area contributed by atoms with E-state index in [0.717, 1.165) is 69.3 Å². The number of esters is 1. The summed E-state index contributed by atoms with van der Waals surface area (Å²) >= 11 is 0. The van der Waals surface area contributed by atoms with Crippen molar-refractivity contribution in [1.29, 1.82) is 0 Å². The third kappa shape index (κ3) is 8.12. The molecule has 258 valence electrons. The first-order valence-electron chi connectivity index (χ1n) is 18.7. The number of ketones is 3. The smallest absolute Gasteiger partial charge is 0.312 e. The van der Waals surface area contributed by atoms with E-state index in [9.17, 15) is 19.2 Å². The molecule has 0 aliphatic heterocycles. The SMILES string of the molecule is COc1ccc(OC(=O)CC(C)(CC(=O)C2CCC(C3Cc4ccccc4CC3=O)CC2)C(=O)C2CCC(C3CCCCC3)CC2)cc1. The molecular formula is C42H54O6. The summed E-state index contributed by atoms with van der Waals surface area (Å²) < 4.78 is 10.9. The fourth-order valence-corrected chi connectivity index (χ4v) is 9.72. The third-order valence-electron chi connectivity index (χ3n) is 12.6. The number of carbonyl (C=O) groups is 4. The molecule has 0 spiro atoms. The third-order valence-corrected chi connectivity index (χ3v) is 12.6. The van der Waals surface area contributed by atoms with Crippen LogP contribution in [0.3, 0.4) is 0 Å². The number of rotatable bonds is 11. The molecule has 0 N–H and O–H groups in total. The van der Waals surface area contributed by atoms with E-state index >= 15 is 0 Å². The highest BCUT2D eigenvalue weighted by atomic mass is 16.5. The molecule has 0 heterocycles. The van der Waals surface area contributed by atoms with Crippen molar-refractivity contribution in [1.82, 2.24) is 0 Å². The minimum Gasteiger partial charge on any atom is -0.497 e. The van der Waals surface area contributed by atoms with Gasteiger partial charge in [0, 0.05) is 36.0 Å². The van der Waals surface area contributed by atoms with Crippen molar-refractivity contribution in [3.8, 4) is 11.5 Å². The average Bonchev–Trinajstić information content (AvgIpc) is 3.11. The minimum atomic E-state index is -1.11. The second-order valence-electron chi connectivity index (χ2n) is 15.7. The molecule has 0 saturated heterocycles. The number of fused-ring (bicyclic) bond motifs is 1. The first-order valence-corrected chi connectivity index (χ1v) is 18.7. The Hall–Kier alpha value is -3.28. The van der Waals surface area contributed by atoms with Crippen LogP contribution >= 0.6 is 0 Å². The number of hydrogen-bond donors (Lipinski definition) is 0. The summed E-state index contributed by atoms with van der Waals surface area (Å²) in [5, 5.41) is 0. The molecule has 3 fully saturated rings. The van der Waals surface area contributed by atoms with Gasteiger partial charge >= 0.3 is 5.97 Å². The lowest BCUT2D eigenvalue weighted by molar-refractivity contribution is -0.146. The van der Waals surface area contributed by atoms with Gasteiger partial charge in [-0.05, 0) is 111 Å². The van der Waals surface area contributed by atoms with Gasteiger partial charge < -0.3 is 9.47 Å². The molecule has 0 radical (unpaired) electrons. The Morgan fingerprint density at radius 2 is 1.27 bits per heavy atom. The molecule has 0 aromatic heterocycles. The average molecular weight is 655 g/mol. The Labute approximate surface area is 286 Å². The number of methoxy groups -OCH3 is 1. The van der Waals surface area contributed by atoms with E-state index < -0.39 is 11.4 Å². The molecule has 6 heteroatoms. The Kier molecular flexibility index (Phi) is 11.2. The lowest BCUT2D eigenvalue weighted by Gasteiger charge is -2.39. The van der Waals surface area contributed by atoms with Gasteiger partial charge in [0.1, 0.15) is 28.8 Å². The van der Waals surface area contributed by atoms with Crippen molar-refractivity contribution in [2.24, 2.45) is 40.9 Å². The summed E-state index contributed by atoms with van der Waals surface area (Å²) in [6.45, 7) is 1.83. The predicted octanol–water partition coefficient (Wildman–Crippen LogP) is 8.70. The van der Waals surface area contributed by atoms with Gasteiger partial charge in [-0.1, -0.05) is 63.3 Å². The minimum absolute atomic E-state index is 0.0271. The number of carbonyl (C=O) groups excluding carboxylic acids is 4. The molecular weight excluding hydrogens is 600 g/mol. The highest BCUT2D eigenvalue weighted by Crippen LogP contribution is 2.45. The number of ether oxygens (including phenoxy) is 2. The van der Waals surface area contributed by atoms with Crippen LogP contribution in [0.2, 0.25) is 0 Å². The normalized spacial score (nSPS) is 27.7. The molecule has 0 bridgehead atoms. The van der Waals surface area contributed by atoms with Crippen molar-refractivity contribution in [2.75, 3.05) is 7.11 Å². The zero-order valence-electron chi connectivity index (χ0n) is 29.1. The summed E-state index contributed by atoms with van der Waals surface area (Å²) in [4.78, 5) is 54.8. The molecule has 4 aliphatic carbocycles. The first-order chi connectivity index (χ1) is 23.2. The molecule has 6 rings (SSSR count). The standard InChI is InChI=1S/C42H54O6/c1-42(27-40(45)48-36-22-20-35(47-2)21-23-36,41(46)32-18-12-29(13-19-32)28-8-4-3-5-9-28)26-39(44)31-16-14-30(15-17-31)37-24-33-10-6-7-11-34(33)25-38(37)43/h6-7,10-11,20-23,28-32,37H,3-5,8-9,12-19,24-27H2,1-2H3. The Bertz CT molecular complexity index is 1440. The van der Waals surface area contributed by atoms with E-state index in [4.69, 9.17) is 9.47 Å². The van der Waals surface area contributed by atoms with Crippen molar-refractivity contribution in [3.05, 3.63) is 59.7 Å². The van der Waals surface area contributed by atoms with E-state index in [1.54, 1.807) is 31.4 Å². The second-order valence-corrected chi connectivity index (χ2v) is 15.7. The van der Waals surface area contributed by atoms with Gasteiger partial charge in [0.25, 0.3) is 0 Å². The fraction of sp³-hybridized carbons (Fsp3) is 0.619. The Balaban J connectivity index is 1.10. The van der Waals surface area contributed by atoms with Crippen LogP contribution in [0, 0.1) is 40.9 Å². The van der Waals surface area contributed by atoms with E-state index in [2.05, 4.69) is 18.2 Å². The van der Waals surface area contributed by atoms with Gasteiger partial charge in [-0.2, -0.15) is 0 Å². The van der Waals surface area contributed by atoms with Crippen molar-refractivity contribution >= 4 is 23.3 Å². The molecule has 3 saturated carbocycles. The monoisotopic (exact) mass is 654 g/mol. The van der Waals surface area contributed by atoms with E-state index in [-0.39, 0.29) is 42.2 Å². The maximum atomic E-state index is 14.4. The van der Waals surface area contributed by atoms with Crippen molar-refractivity contribution < 1.29 is 28.7 Å². The van der Waals surface area contributed by atoms with Crippen LogP contribution in [0.15, 0.2) is 48.5 Å². The van der Waals surface area contributed by atoms with Gasteiger partial charge in [-0.3, -0.25) is 19.2 Å². The van der Waals surface area contributed by atoms with Crippen LogP contribution < -0.4 is 9.47 Å². The summed E-state index contributed by atoms with van der Waals surface area (Å²) in [7, 11) is 1.58. The molecule has 48 heavy (non-hydrogen) atoms. The number of Topliss-reactive ketones (excluding diaryl/α,β-unsaturated/α-hetero) is 3. The van der Waals surface area contributed by atoms with Gasteiger partial charge in [0.15, 0.2) is 0 Å². The van der Waals surface area contributed by atoms with Crippen LogP contribution in [0.4, 0.5) is 0 Å². The molecule has 6 nitrogen and oxygen atoms in total. The maximum absolute atomic E-state index is 14.4. The lowest BCUT2D eigenvalue weighted by atomic mass is 9.64. The van der Waals surface area contributed by atoms with E-state index in [1.807, 2.05) is 13.0 Å². The number of hydrogen-bond acceptors (Lipinski definition) is 6. The van der Waals surface area contributed by atoms with Crippen LogP contribution in [0.25, 0.3) is 0 Å². The zero-order valence-corrected chi connectivity index (χ0v) is 29.1. The van der Waals surface area contributed by atoms with E-state index in [1.165, 1.54) is 37.7 Å². The quantitative estimate of drug-likeness (QED) is 0.178. The predicted molar refractivity (Wildman–Crippen MR) is 186 cm³/mol. The van der Waals surface area contributed by atoms with Crippen molar-refractivity contribution in [3.63, 3.8) is 0 Å². The highest BCUT2D eigenvalue weighted by Gasteiger charge is 2.45. The molecule has 4 aliphatic rings. The summed E-state index contributed by atoms with van der Waals surface area (Å²) in [5.41, 5.74) is 1.33. The van der Waals surface area contributed by atoms with Crippen LogP contribution in [-0.4, -0.2) is 30.4 Å². The van der Waals surface area contributed by atoms with Crippen LogP contribution in [0.5, 0.6) is 11.5 Å². The summed E-state index contributed by atoms with van der Waals surface area (Å²) in [5.74, 6) is 2.59. The molecule has 2 unspecified atom stereocenters. The molecule has 2 atom stereocenters. The molecule has 0 amide bonds. The maximum Gasteiger partial charge on any atom is 0.312 e. The molecule has 2 aromatic rings. The number of benzene rings is 2. The fourth-order valence-electron chi connectivity index (χ4n) is 9.72. The lowest BCUT2D eigenvalue weighted by Crippen LogP contribution is -2.41. The largest absolute Gasteiger partial charge is 0.497 e. The summed E-state index contributed by atoms with van der Waals surface area (Å²) in [6.07, 6.45) is 14.9.